The van der Waals surface area contributed by atoms with Gasteiger partial charge in [0.05, 0.1) is 5.69 Å². The van der Waals surface area contributed by atoms with Gasteiger partial charge >= 0.3 is 6.09 Å². The van der Waals surface area contributed by atoms with Crippen LogP contribution in [0.1, 0.15) is 0 Å². The monoisotopic (exact) mass is 299 g/mol. The van der Waals surface area contributed by atoms with E-state index in [2.05, 4.69) is 4.72 Å². The normalized spacial score (nSPS) is 11.4. The predicted molar refractivity (Wildman–Crippen MR) is 65.0 cm³/mol. The van der Waals surface area contributed by atoms with Crippen LogP contribution in [0.4, 0.5) is 10.5 Å². The number of nitrogen functional groups attached to an aromatic ring is 1. The third-order valence-electron chi connectivity index (χ3n) is 1.65. The molecule has 0 saturated heterocycles. The SMILES string of the molecule is Nc1cc(S(=O)(=O)NCCNC(=O)O)sc1Cl. The summed E-state index contributed by atoms with van der Waals surface area (Å²) < 4.78 is 25.7. The van der Waals surface area contributed by atoms with Gasteiger partial charge in [0.2, 0.25) is 10.0 Å². The zero-order valence-electron chi connectivity index (χ0n) is 8.44. The standard InChI is InChI=1S/C7H10ClN3O4S2/c8-6-4(9)3-5(16-6)17(14,15)11-2-1-10-7(12)13/h3,10-11H,1-2,9H2,(H,12,13). The van der Waals surface area contributed by atoms with Crippen molar-refractivity contribution in [2.75, 3.05) is 18.8 Å². The van der Waals surface area contributed by atoms with E-state index in [4.69, 9.17) is 22.4 Å². The zero-order chi connectivity index (χ0) is 13.1. The van der Waals surface area contributed by atoms with E-state index in [1.165, 1.54) is 6.07 Å². The Morgan fingerprint density at radius 3 is 2.65 bits per heavy atom. The van der Waals surface area contributed by atoms with Crippen molar-refractivity contribution < 1.29 is 18.3 Å². The number of sulfonamides is 1. The number of rotatable bonds is 5. The molecule has 0 saturated carbocycles. The summed E-state index contributed by atoms with van der Waals surface area (Å²) in [7, 11) is -3.69. The Balaban J connectivity index is 2.60. The van der Waals surface area contributed by atoms with Gasteiger partial charge in [-0.15, -0.1) is 11.3 Å². The number of carbonyl (C=O) groups is 1. The van der Waals surface area contributed by atoms with Gasteiger partial charge in [-0.05, 0) is 6.07 Å². The summed E-state index contributed by atoms with van der Waals surface area (Å²) in [5.41, 5.74) is 5.62. The molecule has 17 heavy (non-hydrogen) atoms. The van der Waals surface area contributed by atoms with E-state index in [9.17, 15) is 13.2 Å². The summed E-state index contributed by atoms with van der Waals surface area (Å²) in [5, 5.41) is 10.3. The minimum absolute atomic E-state index is 0.00433. The molecule has 1 rings (SSSR count). The predicted octanol–water partition coefficient (Wildman–Crippen LogP) is 0.530. The zero-order valence-corrected chi connectivity index (χ0v) is 10.8. The molecule has 0 radical (unpaired) electrons. The van der Waals surface area contributed by atoms with Gasteiger partial charge in [-0.1, -0.05) is 11.6 Å². The average molecular weight is 300 g/mol. The summed E-state index contributed by atoms with van der Waals surface area (Å²) in [5.74, 6) is 0. The van der Waals surface area contributed by atoms with Gasteiger partial charge in [-0.25, -0.2) is 17.9 Å². The van der Waals surface area contributed by atoms with E-state index >= 15 is 0 Å². The van der Waals surface area contributed by atoms with Crippen molar-refractivity contribution in [3.8, 4) is 0 Å². The molecule has 0 aliphatic heterocycles. The first kappa shape index (κ1) is 14.0. The van der Waals surface area contributed by atoms with E-state index < -0.39 is 16.1 Å². The molecule has 1 aromatic rings. The van der Waals surface area contributed by atoms with E-state index in [0.717, 1.165) is 11.3 Å². The van der Waals surface area contributed by atoms with Crippen molar-refractivity contribution in [2.45, 2.75) is 4.21 Å². The van der Waals surface area contributed by atoms with Crippen LogP contribution in [0.25, 0.3) is 0 Å². The number of nitrogens with two attached hydrogens (primary N) is 1. The number of amides is 1. The fourth-order valence-corrected chi connectivity index (χ4v) is 3.56. The van der Waals surface area contributed by atoms with E-state index in [0.29, 0.717) is 0 Å². The first-order valence-electron chi connectivity index (χ1n) is 4.34. The second-order valence-electron chi connectivity index (χ2n) is 2.92. The Morgan fingerprint density at radius 1 is 1.53 bits per heavy atom. The summed E-state index contributed by atoms with van der Waals surface area (Å²) in [4.78, 5) is 10.1. The fraction of sp³-hybridized carbons (Fsp3) is 0.286. The molecule has 0 aliphatic carbocycles. The van der Waals surface area contributed by atoms with Crippen molar-refractivity contribution in [1.82, 2.24) is 10.0 Å². The van der Waals surface area contributed by atoms with E-state index in [1.807, 2.05) is 5.32 Å². The van der Waals surface area contributed by atoms with Gasteiger partial charge < -0.3 is 16.2 Å². The number of thiophene rings is 1. The van der Waals surface area contributed by atoms with Crippen molar-refractivity contribution >= 4 is 44.7 Å². The van der Waals surface area contributed by atoms with Crippen LogP contribution in [0, 0.1) is 0 Å². The average Bonchev–Trinajstić information content (AvgIpc) is 2.55. The lowest BCUT2D eigenvalue weighted by molar-refractivity contribution is 0.194. The number of halogens is 1. The maximum Gasteiger partial charge on any atom is 0.404 e. The first-order valence-corrected chi connectivity index (χ1v) is 7.02. The molecule has 0 bridgehead atoms. The first-order chi connectivity index (χ1) is 7.83. The molecule has 7 nitrogen and oxygen atoms in total. The van der Waals surface area contributed by atoms with Crippen LogP contribution in [0.5, 0.6) is 0 Å². The van der Waals surface area contributed by atoms with Crippen LogP contribution in [-0.2, 0) is 10.0 Å². The molecular formula is C7H10ClN3O4S2. The second kappa shape index (κ2) is 5.54. The molecule has 0 aromatic carbocycles. The Labute approximate surface area is 107 Å². The van der Waals surface area contributed by atoms with Gasteiger partial charge in [-0.2, -0.15) is 0 Å². The van der Waals surface area contributed by atoms with Crippen molar-refractivity contribution in [2.24, 2.45) is 0 Å². The quantitative estimate of drug-likeness (QED) is 0.591. The van der Waals surface area contributed by atoms with Crippen LogP contribution in [0.2, 0.25) is 4.34 Å². The van der Waals surface area contributed by atoms with Gasteiger partial charge in [0, 0.05) is 13.1 Å². The number of nitrogens with one attached hydrogen (secondary N) is 2. The summed E-state index contributed by atoms with van der Waals surface area (Å²) in [6.07, 6.45) is -1.22. The molecule has 0 fully saturated rings. The van der Waals surface area contributed by atoms with Crippen molar-refractivity contribution in [1.29, 1.82) is 0 Å². The number of hydrogen-bond acceptors (Lipinski definition) is 5. The third-order valence-corrected chi connectivity index (χ3v) is 4.97. The number of hydrogen-bond donors (Lipinski definition) is 4. The van der Waals surface area contributed by atoms with Crippen molar-refractivity contribution in [3.05, 3.63) is 10.4 Å². The summed E-state index contributed by atoms with van der Waals surface area (Å²) >= 11 is 6.49. The van der Waals surface area contributed by atoms with Gasteiger partial charge in [-0.3, -0.25) is 0 Å². The topological polar surface area (TPSA) is 122 Å². The van der Waals surface area contributed by atoms with Crippen LogP contribution >= 0.6 is 22.9 Å². The van der Waals surface area contributed by atoms with Gasteiger partial charge in [0.1, 0.15) is 8.55 Å². The molecule has 10 heteroatoms. The Hall–Kier alpha value is -1.03. The van der Waals surface area contributed by atoms with Crippen LogP contribution < -0.4 is 15.8 Å². The molecule has 0 spiro atoms. The molecule has 0 unspecified atom stereocenters. The maximum absolute atomic E-state index is 11.7. The molecule has 96 valence electrons. The molecule has 5 N–H and O–H groups in total. The summed E-state index contributed by atoms with van der Waals surface area (Å²) in [6.45, 7) is -0.0762. The second-order valence-corrected chi connectivity index (χ2v) is 6.57. The third kappa shape index (κ3) is 4.04. The number of anilines is 1. The highest BCUT2D eigenvalue weighted by atomic mass is 35.5. The van der Waals surface area contributed by atoms with E-state index in [-0.39, 0.29) is 27.3 Å². The maximum atomic E-state index is 11.7. The number of carboxylic acid groups (broad SMARTS) is 1. The van der Waals surface area contributed by atoms with E-state index in [1.54, 1.807) is 0 Å². The minimum Gasteiger partial charge on any atom is -0.465 e. The Kier molecular flexibility index (Phi) is 4.57. The smallest absolute Gasteiger partial charge is 0.404 e. The molecule has 1 amide bonds. The van der Waals surface area contributed by atoms with Crippen LogP contribution in [0.15, 0.2) is 10.3 Å². The highest BCUT2D eigenvalue weighted by molar-refractivity contribution is 7.91. The van der Waals surface area contributed by atoms with Crippen LogP contribution in [-0.4, -0.2) is 32.7 Å². The highest BCUT2D eigenvalue weighted by Crippen LogP contribution is 2.32. The van der Waals surface area contributed by atoms with Crippen molar-refractivity contribution in [3.63, 3.8) is 0 Å². The Morgan fingerprint density at radius 2 is 2.18 bits per heavy atom. The van der Waals surface area contributed by atoms with Gasteiger partial charge in [0.15, 0.2) is 0 Å². The Bertz CT molecular complexity index is 494. The minimum atomic E-state index is -3.69. The molecule has 1 heterocycles. The van der Waals surface area contributed by atoms with Crippen LogP contribution in [0.3, 0.4) is 0 Å². The van der Waals surface area contributed by atoms with Gasteiger partial charge in [0.25, 0.3) is 0 Å². The molecule has 0 aliphatic rings. The lowest BCUT2D eigenvalue weighted by Crippen LogP contribution is -2.33. The summed E-state index contributed by atoms with van der Waals surface area (Å²) in [6, 6.07) is 1.25. The lowest BCUT2D eigenvalue weighted by Gasteiger charge is -2.04. The molecule has 1 aromatic heterocycles. The fourth-order valence-electron chi connectivity index (χ4n) is 0.919. The molecular weight excluding hydrogens is 290 g/mol. The largest absolute Gasteiger partial charge is 0.465 e. The highest BCUT2D eigenvalue weighted by Gasteiger charge is 2.18. The molecule has 0 atom stereocenters. The lowest BCUT2D eigenvalue weighted by atomic mass is 10.6.